The molecule has 1 aromatic heterocycles. The Morgan fingerprint density at radius 3 is 2.59 bits per heavy atom. The summed E-state index contributed by atoms with van der Waals surface area (Å²) in [5, 5.41) is 0.180. The van der Waals surface area contributed by atoms with Gasteiger partial charge < -0.3 is 19.9 Å². The summed E-state index contributed by atoms with van der Waals surface area (Å²) < 4.78 is 21.5. The molecule has 9 heteroatoms. The molecule has 0 saturated carbocycles. The summed E-state index contributed by atoms with van der Waals surface area (Å²) >= 11 is 0. The first kappa shape index (κ1) is 24.6. The molecule has 3 heterocycles. The molecule has 184 valence electrons. The fraction of sp³-hybridized carbons (Fsp3) is 0.560. The van der Waals surface area contributed by atoms with Crippen LogP contribution in [0.3, 0.4) is 0 Å². The second-order valence-electron chi connectivity index (χ2n) is 9.58. The molecular formula is C25H36N6O2S. The lowest BCUT2D eigenvalue weighted by Crippen LogP contribution is -2.41. The summed E-state index contributed by atoms with van der Waals surface area (Å²) in [6.45, 7) is 13.3. The van der Waals surface area contributed by atoms with Crippen LogP contribution < -0.4 is 10.5 Å². The van der Waals surface area contributed by atoms with Crippen LogP contribution in [-0.4, -0.2) is 67.4 Å². The Balaban J connectivity index is 1.61. The molecule has 8 nitrogen and oxygen atoms in total. The van der Waals surface area contributed by atoms with Crippen LogP contribution in [0.2, 0.25) is 0 Å². The summed E-state index contributed by atoms with van der Waals surface area (Å²) in [4.78, 5) is 17.2. The molecule has 0 amide bonds. The van der Waals surface area contributed by atoms with Gasteiger partial charge in [-0.1, -0.05) is 0 Å². The van der Waals surface area contributed by atoms with E-state index in [9.17, 15) is 4.21 Å². The van der Waals surface area contributed by atoms with Crippen LogP contribution in [0.25, 0.3) is 11.4 Å². The highest BCUT2D eigenvalue weighted by Crippen LogP contribution is 2.35. The fourth-order valence-corrected chi connectivity index (χ4v) is 5.91. The van der Waals surface area contributed by atoms with Gasteiger partial charge in [0.05, 0.1) is 28.7 Å². The maximum atomic E-state index is 13.4. The number of aliphatic imine (C=N–C) groups is 2. The molecule has 0 bridgehead atoms. The van der Waals surface area contributed by atoms with Gasteiger partial charge in [-0.25, -0.2) is 9.98 Å². The summed E-state index contributed by atoms with van der Waals surface area (Å²) in [6.07, 6.45) is 3.86. The lowest BCUT2D eigenvalue weighted by Gasteiger charge is -2.34. The van der Waals surface area contributed by atoms with Gasteiger partial charge in [0.2, 0.25) is 0 Å². The first-order valence-corrected chi connectivity index (χ1v) is 13.3. The quantitative estimate of drug-likeness (QED) is 0.518. The average Bonchev–Trinajstić information content (AvgIpc) is 3.14. The Labute approximate surface area is 204 Å². The molecule has 1 aromatic carbocycles. The number of aromatic nitrogens is 2. The van der Waals surface area contributed by atoms with Gasteiger partial charge in [0, 0.05) is 28.4 Å². The van der Waals surface area contributed by atoms with E-state index < -0.39 is 10.8 Å². The van der Waals surface area contributed by atoms with Crippen LogP contribution >= 0.6 is 0 Å². The van der Waals surface area contributed by atoms with Crippen molar-refractivity contribution in [2.75, 3.05) is 19.7 Å². The van der Waals surface area contributed by atoms with E-state index in [1.165, 1.54) is 0 Å². The lowest BCUT2D eigenvalue weighted by molar-refractivity contribution is 0.187. The molecule has 0 radical (unpaired) electrons. The van der Waals surface area contributed by atoms with Crippen molar-refractivity contribution in [3.05, 3.63) is 30.1 Å². The maximum absolute atomic E-state index is 13.4. The Bertz CT molecular complexity index is 1110. The maximum Gasteiger partial charge on any atom is 0.177 e. The van der Waals surface area contributed by atoms with Crippen LogP contribution in [0.5, 0.6) is 5.75 Å². The Morgan fingerprint density at radius 2 is 1.94 bits per heavy atom. The number of benzene rings is 1. The minimum Gasteiger partial charge on any atom is -0.491 e. The molecule has 4 rings (SSSR count). The first-order valence-electron chi connectivity index (χ1n) is 12.1. The van der Waals surface area contributed by atoms with Crippen molar-refractivity contribution in [2.45, 2.75) is 76.2 Å². The van der Waals surface area contributed by atoms with Gasteiger partial charge >= 0.3 is 0 Å². The third-order valence-electron chi connectivity index (χ3n) is 6.19. The van der Waals surface area contributed by atoms with Gasteiger partial charge in [-0.3, -0.25) is 9.20 Å². The second kappa shape index (κ2) is 10.4. The molecule has 1 unspecified atom stereocenters. The van der Waals surface area contributed by atoms with Crippen LogP contribution in [0.1, 0.15) is 53.2 Å². The number of fused-ring (bicyclic) bond motifs is 3. The highest BCUT2D eigenvalue weighted by molar-refractivity contribution is 7.85. The van der Waals surface area contributed by atoms with E-state index in [-0.39, 0.29) is 11.3 Å². The monoisotopic (exact) mass is 484 g/mol. The molecule has 2 aromatic rings. The number of piperidine rings is 1. The van der Waals surface area contributed by atoms with Gasteiger partial charge in [-0.05, 0) is 78.7 Å². The Morgan fingerprint density at radius 1 is 1.21 bits per heavy atom. The van der Waals surface area contributed by atoms with E-state index in [1.807, 2.05) is 38.2 Å². The third-order valence-corrected chi connectivity index (χ3v) is 7.99. The number of likely N-dealkylation sites (tertiary alicyclic amines) is 1. The summed E-state index contributed by atoms with van der Waals surface area (Å²) in [5.74, 6) is 2.50. The first-order chi connectivity index (χ1) is 16.2. The third kappa shape index (κ3) is 5.41. The van der Waals surface area contributed by atoms with Crippen LogP contribution in [-0.2, 0) is 17.3 Å². The number of nitrogens with zero attached hydrogens (tertiary/aromatic N) is 5. The van der Waals surface area contributed by atoms with E-state index in [0.29, 0.717) is 36.6 Å². The van der Waals surface area contributed by atoms with Gasteiger partial charge in [0.15, 0.2) is 5.84 Å². The van der Waals surface area contributed by atoms with Crippen molar-refractivity contribution in [3.63, 3.8) is 0 Å². The van der Waals surface area contributed by atoms with Gasteiger partial charge in [-0.15, -0.1) is 0 Å². The van der Waals surface area contributed by atoms with E-state index in [0.717, 1.165) is 48.0 Å². The number of ether oxygens (including phenoxy) is 1. The second-order valence-corrected chi connectivity index (χ2v) is 11.3. The van der Waals surface area contributed by atoms with Crippen molar-refractivity contribution >= 4 is 22.5 Å². The molecule has 0 spiro atoms. The van der Waals surface area contributed by atoms with Crippen LogP contribution in [0, 0.1) is 0 Å². The molecule has 1 saturated heterocycles. The normalized spacial score (nSPS) is 19.0. The topological polar surface area (TPSA) is 98.1 Å². The van der Waals surface area contributed by atoms with E-state index in [4.69, 9.17) is 15.5 Å². The zero-order chi connectivity index (χ0) is 24.4. The molecule has 2 aliphatic heterocycles. The fourth-order valence-electron chi connectivity index (χ4n) is 4.46. The minimum absolute atomic E-state index is 0.0696. The molecule has 34 heavy (non-hydrogen) atoms. The highest BCUT2D eigenvalue weighted by Gasteiger charge is 2.27. The zero-order valence-corrected chi connectivity index (χ0v) is 21.6. The standard InChI is InChI=1S/C25H36N6O2S/c1-16(2)27-24(28-18(5)26)22-15-31-12-13-33-23-14-20(6-7-21(23)25(31)29-22)34(32)19-8-10-30(11-9-19)17(3)4/h6-7,14-17,19H,8-13H2,1-5H3,(H2,26,27,28). The Kier molecular flexibility index (Phi) is 7.52. The van der Waals surface area contributed by atoms with Crippen molar-refractivity contribution in [1.29, 1.82) is 0 Å². The molecule has 1 atom stereocenters. The molecule has 2 aliphatic rings. The predicted octanol–water partition coefficient (Wildman–Crippen LogP) is 3.46. The van der Waals surface area contributed by atoms with Gasteiger partial charge in [-0.2, -0.15) is 0 Å². The average molecular weight is 485 g/mol. The van der Waals surface area contributed by atoms with Gasteiger partial charge in [0.1, 0.15) is 23.9 Å². The van der Waals surface area contributed by atoms with Gasteiger partial charge in [0.25, 0.3) is 0 Å². The molecule has 2 N–H and O–H groups in total. The Hall–Kier alpha value is -2.52. The van der Waals surface area contributed by atoms with Crippen molar-refractivity contribution in [2.24, 2.45) is 15.7 Å². The summed E-state index contributed by atoms with van der Waals surface area (Å²) in [7, 11) is -1.06. The number of rotatable bonds is 5. The number of hydrogen-bond donors (Lipinski definition) is 1. The number of imidazole rings is 1. The van der Waals surface area contributed by atoms with Crippen LogP contribution in [0.15, 0.2) is 39.3 Å². The molecule has 1 fully saturated rings. The largest absolute Gasteiger partial charge is 0.491 e. The van der Waals surface area contributed by atoms with E-state index >= 15 is 0 Å². The van der Waals surface area contributed by atoms with E-state index in [1.54, 1.807) is 6.92 Å². The summed E-state index contributed by atoms with van der Waals surface area (Å²) in [6, 6.07) is 6.49. The predicted molar refractivity (Wildman–Crippen MR) is 138 cm³/mol. The van der Waals surface area contributed by atoms with Crippen molar-refractivity contribution < 1.29 is 8.95 Å². The number of nitrogens with two attached hydrogens (primary N) is 1. The van der Waals surface area contributed by atoms with E-state index in [2.05, 4.69) is 33.3 Å². The van der Waals surface area contributed by atoms with Crippen molar-refractivity contribution in [3.8, 4) is 17.1 Å². The SMILES string of the molecule is CC(N)=NC(=NC(C)C)c1cn2c(n1)-c1ccc(S(=O)C3CCN(C(C)C)CC3)cc1OCC2. The van der Waals surface area contributed by atoms with Crippen molar-refractivity contribution in [1.82, 2.24) is 14.5 Å². The minimum atomic E-state index is -1.06. The zero-order valence-electron chi connectivity index (χ0n) is 20.8. The van der Waals surface area contributed by atoms with Crippen LogP contribution in [0.4, 0.5) is 0 Å². The highest BCUT2D eigenvalue weighted by atomic mass is 32.2. The molecular weight excluding hydrogens is 448 g/mol. The molecule has 0 aliphatic carbocycles. The lowest BCUT2D eigenvalue weighted by atomic mass is 10.1. The number of amidine groups is 2. The number of hydrogen-bond acceptors (Lipinski definition) is 5. The summed E-state index contributed by atoms with van der Waals surface area (Å²) in [5.41, 5.74) is 7.41. The smallest absolute Gasteiger partial charge is 0.177 e.